The third kappa shape index (κ3) is 4.22. The van der Waals surface area contributed by atoms with Crippen LogP contribution in [0.15, 0.2) is 54.2 Å². The van der Waals surface area contributed by atoms with Crippen molar-refractivity contribution in [2.75, 3.05) is 11.9 Å². The Balaban J connectivity index is 1.31. The molecule has 7 nitrogen and oxygen atoms in total. The minimum absolute atomic E-state index is 0.110. The Hall–Kier alpha value is -3.39. The number of hydrogen-bond donors (Lipinski definition) is 2. The average Bonchev–Trinajstić information content (AvgIpc) is 3.39. The van der Waals surface area contributed by atoms with Crippen LogP contribution in [-0.2, 0) is 18.4 Å². The molecular weight excluding hydrogens is 386 g/mol. The summed E-state index contributed by atoms with van der Waals surface area (Å²) in [6.07, 6.45) is 3.37. The number of rotatable bonds is 6. The number of fused-ring (bicyclic) bond motifs is 1. The van der Waals surface area contributed by atoms with E-state index < -0.39 is 0 Å². The summed E-state index contributed by atoms with van der Waals surface area (Å²) < 4.78 is 4.64. The fourth-order valence-electron chi connectivity index (χ4n) is 3.24. The molecule has 3 aromatic heterocycles. The maximum atomic E-state index is 12.4. The largest absolute Gasteiger partial charge is 0.342 e. The second-order valence-electron chi connectivity index (χ2n) is 6.91. The van der Waals surface area contributed by atoms with Crippen LogP contribution < -0.4 is 10.6 Å². The van der Waals surface area contributed by atoms with Crippen molar-refractivity contribution < 1.29 is 9.59 Å². The summed E-state index contributed by atoms with van der Waals surface area (Å²) >= 11 is 1.58. The molecule has 0 aliphatic rings. The van der Waals surface area contributed by atoms with Gasteiger partial charge in [0.15, 0.2) is 0 Å². The first-order chi connectivity index (χ1) is 14.0. The van der Waals surface area contributed by atoms with Crippen LogP contribution in [0.1, 0.15) is 21.6 Å². The van der Waals surface area contributed by atoms with E-state index in [-0.39, 0.29) is 18.4 Å². The molecule has 8 heteroatoms. The molecule has 0 fully saturated rings. The zero-order valence-corrected chi connectivity index (χ0v) is 17.0. The molecule has 29 heavy (non-hydrogen) atoms. The van der Waals surface area contributed by atoms with Crippen molar-refractivity contribution in [2.45, 2.75) is 13.5 Å². The molecular formula is C21H21N5O2S. The third-order valence-electron chi connectivity index (χ3n) is 4.65. The lowest BCUT2D eigenvalue weighted by molar-refractivity contribution is -0.115. The second kappa shape index (κ2) is 7.92. The van der Waals surface area contributed by atoms with E-state index in [1.54, 1.807) is 28.4 Å². The molecule has 0 atom stereocenters. The Morgan fingerprint density at radius 1 is 1.21 bits per heavy atom. The quantitative estimate of drug-likeness (QED) is 0.515. The lowest BCUT2D eigenvalue weighted by Gasteiger charge is -2.06. The molecule has 2 amide bonds. The van der Waals surface area contributed by atoms with Gasteiger partial charge in [0.05, 0.1) is 35.2 Å². The summed E-state index contributed by atoms with van der Waals surface area (Å²) in [7, 11) is 1.84. The van der Waals surface area contributed by atoms with E-state index in [1.807, 2.05) is 54.3 Å². The van der Waals surface area contributed by atoms with Crippen molar-refractivity contribution in [3.63, 3.8) is 0 Å². The Labute approximate surface area is 172 Å². The fraction of sp³-hybridized carbons (Fsp3) is 0.190. The number of benzene rings is 1. The highest BCUT2D eigenvalue weighted by Gasteiger charge is 2.15. The number of amides is 2. The Morgan fingerprint density at radius 2 is 2.07 bits per heavy atom. The smallest absolute Gasteiger partial charge is 0.268 e. The zero-order chi connectivity index (χ0) is 20.4. The number of anilines is 1. The summed E-state index contributed by atoms with van der Waals surface area (Å²) in [5.41, 5.74) is 4.46. The SMILES string of the molecule is Cc1cccc(Cn2cc(NC(=O)CNC(=O)c3cc4sccc4n3C)cn2)c1. The molecule has 0 aliphatic carbocycles. The van der Waals surface area contributed by atoms with Gasteiger partial charge in [-0.1, -0.05) is 29.8 Å². The van der Waals surface area contributed by atoms with Gasteiger partial charge in [0.1, 0.15) is 5.69 Å². The molecule has 148 valence electrons. The number of hydrogen-bond acceptors (Lipinski definition) is 4. The lowest BCUT2D eigenvalue weighted by atomic mass is 10.1. The predicted octanol–water partition coefficient (Wildman–Crippen LogP) is 3.16. The van der Waals surface area contributed by atoms with Gasteiger partial charge < -0.3 is 15.2 Å². The molecule has 2 N–H and O–H groups in total. The van der Waals surface area contributed by atoms with Gasteiger partial charge >= 0.3 is 0 Å². The maximum absolute atomic E-state index is 12.4. The molecule has 0 saturated heterocycles. The van der Waals surface area contributed by atoms with Crippen LogP contribution in [0.4, 0.5) is 5.69 Å². The van der Waals surface area contributed by atoms with Crippen LogP contribution >= 0.6 is 11.3 Å². The van der Waals surface area contributed by atoms with Gasteiger partial charge in [-0.3, -0.25) is 14.3 Å². The molecule has 4 rings (SSSR count). The van der Waals surface area contributed by atoms with E-state index in [4.69, 9.17) is 0 Å². The number of nitrogens with zero attached hydrogens (tertiary/aromatic N) is 3. The summed E-state index contributed by atoms with van der Waals surface area (Å²) in [4.78, 5) is 24.6. The number of carbonyl (C=O) groups is 2. The van der Waals surface area contributed by atoms with Crippen LogP contribution in [-0.4, -0.2) is 32.7 Å². The maximum Gasteiger partial charge on any atom is 0.268 e. The topological polar surface area (TPSA) is 81.0 Å². The first-order valence-corrected chi connectivity index (χ1v) is 10.1. The van der Waals surface area contributed by atoms with Gasteiger partial charge in [0, 0.05) is 13.2 Å². The van der Waals surface area contributed by atoms with E-state index in [0.29, 0.717) is 17.9 Å². The van der Waals surface area contributed by atoms with Crippen LogP contribution in [0.25, 0.3) is 10.2 Å². The molecule has 0 aliphatic heterocycles. The summed E-state index contributed by atoms with van der Waals surface area (Å²) in [5.74, 6) is -0.578. The summed E-state index contributed by atoms with van der Waals surface area (Å²) in [5, 5.41) is 11.7. The number of carbonyl (C=O) groups excluding carboxylic acids is 2. The van der Waals surface area contributed by atoms with Gasteiger partial charge in [0.25, 0.3) is 5.91 Å². The zero-order valence-electron chi connectivity index (χ0n) is 16.2. The van der Waals surface area contributed by atoms with Gasteiger partial charge in [-0.25, -0.2) is 0 Å². The fourth-order valence-corrected chi connectivity index (χ4v) is 4.09. The van der Waals surface area contributed by atoms with Crippen molar-refractivity contribution in [1.82, 2.24) is 19.7 Å². The average molecular weight is 407 g/mol. The van der Waals surface area contributed by atoms with Crippen molar-refractivity contribution in [3.05, 3.63) is 71.0 Å². The molecule has 3 heterocycles. The lowest BCUT2D eigenvalue weighted by Crippen LogP contribution is -2.33. The highest BCUT2D eigenvalue weighted by atomic mass is 32.1. The Kier molecular flexibility index (Phi) is 5.18. The van der Waals surface area contributed by atoms with Crippen LogP contribution in [0.2, 0.25) is 0 Å². The number of nitrogens with one attached hydrogen (secondary N) is 2. The predicted molar refractivity (Wildman–Crippen MR) is 114 cm³/mol. The molecule has 0 radical (unpaired) electrons. The second-order valence-corrected chi connectivity index (χ2v) is 7.85. The van der Waals surface area contributed by atoms with E-state index in [1.165, 1.54) is 5.56 Å². The molecule has 0 bridgehead atoms. The molecule has 4 aromatic rings. The van der Waals surface area contributed by atoms with Crippen molar-refractivity contribution >= 4 is 39.1 Å². The van der Waals surface area contributed by atoms with E-state index in [0.717, 1.165) is 15.8 Å². The summed E-state index contributed by atoms with van der Waals surface area (Å²) in [6.45, 7) is 2.56. The standard InChI is InChI=1S/C21H21N5O2S/c1-14-4-3-5-15(8-14)12-26-13-16(10-23-26)24-20(27)11-22-21(28)18-9-19-17(25(18)2)6-7-29-19/h3-10,13H,11-12H2,1-2H3,(H,22,28)(H,24,27). The first kappa shape index (κ1) is 18.9. The molecule has 0 spiro atoms. The first-order valence-electron chi connectivity index (χ1n) is 9.18. The van der Waals surface area contributed by atoms with Gasteiger partial charge in [0.2, 0.25) is 5.91 Å². The Bertz CT molecular complexity index is 1190. The number of aryl methyl sites for hydroxylation is 2. The normalized spacial score (nSPS) is 11.0. The monoisotopic (exact) mass is 407 g/mol. The van der Waals surface area contributed by atoms with Crippen LogP contribution in [0, 0.1) is 6.92 Å². The van der Waals surface area contributed by atoms with E-state index in [2.05, 4.69) is 21.8 Å². The molecule has 1 aromatic carbocycles. The minimum atomic E-state index is -0.301. The highest BCUT2D eigenvalue weighted by molar-refractivity contribution is 7.17. The van der Waals surface area contributed by atoms with Gasteiger partial charge in [-0.15, -0.1) is 11.3 Å². The highest BCUT2D eigenvalue weighted by Crippen LogP contribution is 2.24. The van der Waals surface area contributed by atoms with E-state index in [9.17, 15) is 9.59 Å². The number of aromatic nitrogens is 3. The Morgan fingerprint density at radius 3 is 2.86 bits per heavy atom. The third-order valence-corrected chi connectivity index (χ3v) is 5.50. The van der Waals surface area contributed by atoms with Crippen LogP contribution in [0.3, 0.4) is 0 Å². The minimum Gasteiger partial charge on any atom is -0.342 e. The van der Waals surface area contributed by atoms with Crippen molar-refractivity contribution in [2.24, 2.45) is 7.05 Å². The van der Waals surface area contributed by atoms with E-state index >= 15 is 0 Å². The van der Waals surface area contributed by atoms with Gasteiger partial charge in [-0.2, -0.15) is 5.10 Å². The summed E-state index contributed by atoms with van der Waals surface area (Å²) in [6, 6.07) is 12.0. The molecule has 0 unspecified atom stereocenters. The van der Waals surface area contributed by atoms with Crippen molar-refractivity contribution in [1.29, 1.82) is 0 Å². The van der Waals surface area contributed by atoms with Gasteiger partial charge in [-0.05, 0) is 30.0 Å². The van der Waals surface area contributed by atoms with Crippen LogP contribution in [0.5, 0.6) is 0 Å². The molecule has 0 saturated carbocycles. The number of thiophene rings is 1. The van der Waals surface area contributed by atoms with Crippen molar-refractivity contribution in [3.8, 4) is 0 Å².